The van der Waals surface area contributed by atoms with Gasteiger partial charge in [0.25, 0.3) is 5.91 Å². The summed E-state index contributed by atoms with van der Waals surface area (Å²) in [4.78, 5) is 26.4. The summed E-state index contributed by atoms with van der Waals surface area (Å²) in [5.41, 5.74) is 4.20. The summed E-state index contributed by atoms with van der Waals surface area (Å²) < 4.78 is 58.4. The van der Waals surface area contributed by atoms with Crippen molar-refractivity contribution in [1.29, 1.82) is 0 Å². The lowest BCUT2D eigenvalue weighted by atomic mass is 9.80. The molecule has 8 nitrogen and oxygen atoms in total. The maximum atomic E-state index is 14.9. The molecule has 2 aliphatic rings. The quantitative estimate of drug-likeness (QED) is 0.669. The lowest BCUT2D eigenvalue weighted by Gasteiger charge is -2.45. The average Bonchev–Trinajstić information content (AvgIpc) is 3.02. The summed E-state index contributed by atoms with van der Waals surface area (Å²) in [7, 11) is 0. The van der Waals surface area contributed by atoms with E-state index in [2.05, 4.69) is 10.4 Å². The summed E-state index contributed by atoms with van der Waals surface area (Å²) in [6.07, 6.45) is -3.77. The van der Waals surface area contributed by atoms with Gasteiger partial charge in [-0.15, -0.1) is 0 Å². The highest BCUT2D eigenvalue weighted by atomic mass is 35.5. The predicted octanol–water partition coefficient (Wildman–Crippen LogP) is 3.05. The van der Waals surface area contributed by atoms with Gasteiger partial charge in [0.15, 0.2) is 5.82 Å². The van der Waals surface area contributed by atoms with Crippen molar-refractivity contribution in [3.63, 3.8) is 0 Å². The number of aromatic nitrogens is 2. The van der Waals surface area contributed by atoms with E-state index >= 15 is 0 Å². The highest BCUT2D eigenvalue weighted by Gasteiger charge is 2.47. The Morgan fingerprint density at radius 3 is 2.84 bits per heavy atom. The molecule has 1 aromatic carbocycles. The van der Waals surface area contributed by atoms with Crippen molar-refractivity contribution in [3.05, 3.63) is 40.3 Å². The van der Waals surface area contributed by atoms with Gasteiger partial charge in [0.05, 0.1) is 22.3 Å². The highest BCUT2D eigenvalue weighted by molar-refractivity contribution is 6.30. The molecule has 1 spiro atoms. The minimum absolute atomic E-state index is 0.0119. The largest absolute Gasteiger partial charge is 0.413 e. The van der Waals surface area contributed by atoms with Crippen molar-refractivity contribution in [3.8, 4) is 5.75 Å². The zero-order valence-corrected chi connectivity index (χ0v) is 16.6. The van der Waals surface area contributed by atoms with Crippen LogP contribution in [0.1, 0.15) is 28.8 Å². The summed E-state index contributed by atoms with van der Waals surface area (Å²) in [5, 5.41) is 5.96. The van der Waals surface area contributed by atoms with Gasteiger partial charge in [0.1, 0.15) is 23.7 Å². The number of hydrogen-bond acceptors (Lipinski definition) is 5. The fourth-order valence-corrected chi connectivity index (χ4v) is 4.17. The standard InChI is InChI=1S/C18H16ClF4N5O3/c19-10-2-3-11-12(13(10)20)17(26-16(30)31-11)4-1-5-27(7-17)15(29)9-6-25-28(14(9)24)8-18(21,22)23/h2-3,6H,1,4-5,7-8,24H2,(H,26,30)/t17-/m0/s1. The van der Waals surface area contributed by atoms with Crippen LogP contribution in [0.2, 0.25) is 5.02 Å². The number of nitrogen functional groups attached to an aromatic ring is 1. The third-order valence-electron chi connectivity index (χ3n) is 5.30. The minimum Gasteiger partial charge on any atom is -0.410 e. The Bertz CT molecular complexity index is 1070. The van der Waals surface area contributed by atoms with Gasteiger partial charge in [-0.05, 0) is 25.0 Å². The lowest BCUT2D eigenvalue weighted by Crippen LogP contribution is -2.60. The zero-order valence-electron chi connectivity index (χ0n) is 15.8. The van der Waals surface area contributed by atoms with Crippen LogP contribution in [-0.4, -0.2) is 45.9 Å². The van der Waals surface area contributed by atoms with E-state index < -0.39 is 41.9 Å². The van der Waals surface area contributed by atoms with Crippen molar-refractivity contribution in [2.45, 2.75) is 31.1 Å². The number of benzene rings is 1. The number of anilines is 1. The molecule has 13 heteroatoms. The van der Waals surface area contributed by atoms with Crippen molar-refractivity contribution < 1.29 is 31.9 Å². The predicted molar refractivity (Wildman–Crippen MR) is 100 cm³/mol. The molecule has 3 heterocycles. The van der Waals surface area contributed by atoms with Crippen molar-refractivity contribution in [2.24, 2.45) is 0 Å². The van der Waals surface area contributed by atoms with Crippen LogP contribution in [0.25, 0.3) is 0 Å². The second-order valence-electron chi connectivity index (χ2n) is 7.38. The van der Waals surface area contributed by atoms with Gasteiger partial charge < -0.3 is 20.7 Å². The second kappa shape index (κ2) is 7.29. The first-order chi connectivity index (χ1) is 14.5. The Hall–Kier alpha value is -3.02. The van der Waals surface area contributed by atoms with E-state index in [1.807, 2.05) is 0 Å². The van der Waals surface area contributed by atoms with Crippen molar-refractivity contribution in [2.75, 3.05) is 18.8 Å². The average molecular weight is 462 g/mol. The van der Waals surface area contributed by atoms with Gasteiger partial charge in [-0.3, -0.25) is 4.79 Å². The molecule has 2 aliphatic heterocycles. The molecule has 0 bridgehead atoms. The molecule has 0 saturated carbocycles. The van der Waals surface area contributed by atoms with E-state index in [-0.39, 0.29) is 35.0 Å². The first-order valence-electron chi connectivity index (χ1n) is 9.16. The lowest BCUT2D eigenvalue weighted by molar-refractivity contribution is -0.142. The number of piperidine rings is 1. The normalized spacial score (nSPS) is 20.9. The molecule has 1 atom stereocenters. The number of carbonyl (C=O) groups excluding carboxylic acids is 2. The minimum atomic E-state index is -4.57. The number of nitrogens with two attached hydrogens (primary N) is 1. The van der Waals surface area contributed by atoms with Gasteiger partial charge >= 0.3 is 12.3 Å². The number of nitrogens with one attached hydrogen (secondary N) is 1. The van der Waals surface area contributed by atoms with E-state index in [0.717, 1.165) is 6.20 Å². The second-order valence-corrected chi connectivity index (χ2v) is 7.78. The molecule has 1 aromatic heterocycles. The van der Waals surface area contributed by atoms with Crippen LogP contribution in [-0.2, 0) is 12.1 Å². The van der Waals surface area contributed by atoms with Crippen LogP contribution in [0.15, 0.2) is 18.3 Å². The number of halogens is 5. The van der Waals surface area contributed by atoms with Crippen molar-refractivity contribution >= 4 is 29.4 Å². The van der Waals surface area contributed by atoms with Crippen molar-refractivity contribution in [1.82, 2.24) is 20.0 Å². The molecular formula is C18H16ClF4N5O3. The third kappa shape index (κ3) is 3.75. The monoisotopic (exact) mass is 461 g/mol. The van der Waals surface area contributed by atoms with Crippen LogP contribution in [0.3, 0.4) is 0 Å². The smallest absolute Gasteiger partial charge is 0.410 e. The summed E-state index contributed by atoms with van der Waals surface area (Å²) in [6, 6.07) is 2.62. The van der Waals surface area contributed by atoms with Gasteiger partial charge in [0, 0.05) is 13.1 Å². The van der Waals surface area contributed by atoms with Crippen LogP contribution in [0.5, 0.6) is 5.75 Å². The molecule has 0 unspecified atom stereocenters. The van der Waals surface area contributed by atoms with E-state index in [0.29, 0.717) is 17.5 Å². The number of rotatable bonds is 2. The van der Waals surface area contributed by atoms with Gasteiger partial charge in [0.2, 0.25) is 0 Å². The SMILES string of the molecule is Nc1c(C(=O)N2CCC[C@@]3(C2)NC(=O)Oc2ccc(Cl)c(F)c23)cnn1CC(F)(F)F. The topological polar surface area (TPSA) is 102 Å². The molecule has 2 aromatic rings. The Morgan fingerprint density at radius 2 is 2.13 bits per heavy atom. The zero-order chi connectivity index (χ0) is 22.6. The summed E-state index contributed by atoms with van der Waals surface area (Å²) >= 11 is 5.91. The maximum Gasteiger partial charge on any atom is 0.413 e. The maximum absolute atomic E-state index is 14.9. The van der Waals surface area contributed by atoms with Crippen LogP contribution in [0.4, 0.5) is 28.2 Å². The van der Waals surface area contributed by atoms with Gasteiger partial charge in [-0.25, -0.2) is 13.9 Å². The Balaban J connectivity index is 1.67. The van der Waals surface area contributed by atoms with E-state index in [1.54, 1.807) is 0 Å². The van der Waals surface area contributed by atoms with Gasteiger partial charge in [-0.2, -0.15) is 18.3 Å². The number of alkyl halides is 3. The van der Waals surface area contributed by atoms with E-state index in [9.17, 15) is 27.2 Å². The van der Waals surface area contributed by atoms with Crippen LogP contribution >= 0.6 is 11.6 Å². The number of fused-ring (bicyclic) bond motifs is 2. The molecule has 1 saturated heterocycles. The Morgan fingerprint density at radius 1 is 1.39 bits per heavy atom. The number of amides is 2. The molecule has 3 N–H and O–H groups in total. The number of ether oxygens (including phenoxy) is 1. The van der Waals surface area contributed by atoms with Gasteiger partial charge in [-0.1, -0.05) is 11.6 Å². The third-order valence-corrected chi connectivity index (χ3v) is 5.59. The highest BCUT2D eigenvalue weighted by Crippen LogP contribution is 2.43. The number of likely N-dealkylation sites (tertiary alicyclic amines) is 1. The first kappa shape index (κ1) is 21.2. The fourth-order valence-electron chi connectivity index (χ4n) is 4.01. The molecule has 0 aliphatic carbocycles. The summed E-state index contributed by atoms with van der Waals surface area (Å²) in [5.74, 6) is -1.93. The molecule has 31 heavy (non-hydrogen) atoms. The molecule has 0 radical (unpaired) electrons. The van der Waals surface area contributed by atoms with Crippen LogP contribution in [0, 0.1) is 5.82 Å². The van der Waals surface area contributed by atoms with E-state index in [1.165, 1.54) is 17.0 Å². The molecule has 166 valence electrons. The van der Waals surface area contributed by atoms with E-state index in [4.69, 9.17) is 22.1 Å². The Kier molecular flexibility index (Phi) is 4.99. The number of hydrogen-bond donors (Lipinski definition) is 2. The number of carbonyl (C=O) groups is 2. The molecule has 4 rings (SSSR count). The molecule has 2 amide bonds. The molecular weight excluding hydrogens is 446 g/mol. The molecule has 1 fully saturated rings. The number of nitrogens with zero attached hydrogens (tertiary/aromatic N) is 3. The van der Waals surface area contributed by atoms with Crippen LogP contribution < -0.4 is 15.8 Å². The first-order valence-corrected chi connectivity index (χ1v) is 9.54. The Labute approximate surface area is 177 Å². The summed E-state index contributed by atoms with van der Waals surface area (Å²) in [6.45, 7) is -1.38. The fraction of sp³-hybridized carbons (Fsp3) is 0.389.